The molecular weight excluding hydrogens is 309 g/mol. The highest BCUT2D eigenvalue weighted by atomic mass is 127. The standard InChI is InChI=1S/C10H12INO3/c11-4-6-5-2-1-3-12-7(5)9(8(6)13)15-10(12)14/h4-5,7-9,13H,1-3H2/b6-4-/t5-,7-,8-,9-/m0/s1. The smallest absolute Gasteiger partial charge is 0.410 e. The molecule has 3 fully saturated rings. The minimum Gasteiger partial charge on any atom is -0.441 e. The maximum atomic E-state index is 11.5. The Balaban J connectivity index is 2.01. The van der Waals surface area contributed by atoms with Crippen molar-refractivity contribution >= 4 is 28.7 Å². The number of hydrogen-bond donors (Lipinski definition) is 1. The van der Waals surface area contributed by atoms with Gasteiger partial charge in [0.2, 0.25) is 0 Å². The van der Waals surface area contributed by atoms with Crippen molar-refractivity contribution in [1.82, 2.24) is 4.90 Å². The number of amides is 1. The monoisotopic (exact) mass is 321 g/mol. The van der Waals surface area contributed by atoms with Crippen molar-refractivity contribution in [3.8, 4) is 0 Å². The normalized spacial score (nSPS) is 45.9. The molecule has 3 aliphatic rings. The largest absolute Gasteiger partial charge is 0.441 e. The molecule has 0 spiro atoms. The van der Waals surface area contributed by atoms with Gasteiger partial charge in [0.1, 0.15) is 6.10 Å². The molecule has 15 heavy (non-hydrogen) atoms. The fourth-order valence-corrected chi connectivity index (χ4v) is 3.89. The first-order valence-electron chi connectivity index (χ1n) is 5.19. The average molecular weight is 321 g/mol. The van der Waals surface area contributed by atoms with Crippen LogP contribution in [-0.4, -0.2) is 40.9 Å². The van der Waals surface area contributed by atoms with E-state index in [4.69, 9.17) is 4.74 Å². The number of nitrogens with zero attached hydrogens (tertiary/aromatic N) is 1. The number of carbonyl (C=O) groups excluding carboxylic acids is 1. The zero-order chi connectivity index (χ0) is 10.6. The first-order valence-corrected chi connectivity index (χ1v) is 6.44. The molecule has 0 aromatic heterocycles. The van der Waals surface area contributed by atoms with Crippen LogP contribution in [0.1, 0.15) is 12.8 Å². The van der Waals surface area contributed by atoms with E-state index in [1.54, 1.807) is 4.90 Å². The maximum Gasteiger partial charge on any atom is 0.410 e. The molecule has 0 aromatic carbocycles. The number of rotatable bonds is 0. The minimum absolute atomic E-state index is 0.0854. The summed E-state index contributed by atoms with van der Waals surface area (Å²) in [7, 11) is 0. The Kier molecular flexibility index (Phi) is 2.21. The van der Waals surface area contributed by atoms with Gasteiger partial charge in [-0.3, -0.25) is 0 Å². The second-order valence-corrected chi connectivity index (χ2v) is 4.96. The summed E-state index contributed by atoms with van der Waals surface area (Å²) in [5, 5.41) is 10.0. The first-order chi connectivity index (χ1) is 7.24. The highest BCUT2D eigenvalue weighted by Crippen LogP contribution is 2.46. The molecule has 1 aliphatic carbocycles. The van der Waals surface area contributed by atoms with Gasteiger partial charge in [-0.05, 0) is 22.5 Å². The second kappa shape index (κ2) is 3.35. The van der Waals surface area contributed by atoms with Crippen molar-refractivity contribution < 1.29 is 14.6 Å². The van der Waals surface area contributed by atoms with Crippen molar-refractivity contribution in [2.24, 2.45) is 5.92 Å². The van der Waals surface area contributed by atoms with E-state index in [1.807, 2.05) is 4.08 Å². The molecule has 1 N–H and O–H groups in total. The topological polar surface area (TPSA) is 49.8 Å². The summed E-state index contributed by atoms with van der Waals surface area (Å²) < 4.78 is 7.18. The molecule has 0 aromatic rings. The Morgan fingerprint density at radius 1 is 1.60 bits per heavy atom. The Morgan fingerprint density at radius 2 is 2.40 bits per heavy atom. The van der Waals surface area contributed by atoms with Crippen LogP contribution < -0.4 is 0 Å². The Hall–Kier alpha value is -0.300. The number of ether oxygens (including phenoxy) is 1. The van der Waals surface area contributed by atoms with Gasteiger partial charge < -0.3 is 14.7 Å². The summed E-state index contributed by atoms with van der Waals surface area (Å²) in [6.45, 7) is 0.776. The fourth-order valence-electron chi connectivity index (χ4n) is 3.06. The summed E-state index contributed by atoms with van der Waals surface area (Å²) in [5.74, 6) is 0.307. The third-order valence-electron chi connectivity index (χ3n) is 3.70. The molecule has 5 heteroatoms. The third kappa shape index (κ3) is 1.19. The first kappa shape index (κ1) is 9.89. The van der Waals surface area contributed by atoms with Gasteiger partial charge in [-0.1, -0.05) is 22.6 Å². The van der Waals surface area contributed by atoms with E-state index < -0.39 is 6.10 Å². The zero-order valence-electron chi connectivity index (χ0n) is 8.10. The van der Waals surface area contributed by atoms with E-state index in [-0.39, 0.29) is 18.2 Å². The quantitative estimate of drug-likeness (QED) is 0.684. The fraction of sp³-hybridized carbons (Fsp3) is 0.700. The van der Waals surface area contributed by atoms with Gasteiger partial charge in [0.25, 0.3) is 0 Å². The Labute approximate surface area is 101 Å². The number of halogens is 1. The number of piperidine rings is 1. The van der Waals surface area contributed by atoms with Crippen LogP contribution in [0.2, 0.25) is 0 Å². The van der Waals surface area contributed by atoms with Crippen molar-refractivity contribution in [2.45, 2.75) is 31.1 Å². The molecule has 0 radical (unpaired) electrons. The number of aliphatic hydroxyl groups is 1. The van der Waals surface area contributed by atoms with Crippen molar-refractivity contribution in [2.75, 3.05) is 6.54 Å². The lowest BCUT2D eigenvalue weighted by Crippen LogP contribution is -2.43. The van der Waals surface area contributed by atoms with E-state index in [2.05, 4.69) is 22.6 Å². The van der Waals surface area contributed by atoms with E-state index in [1.165, 1.54) is 0 Å². The number of aliphatic hydroxyl groups excluding tert-OH is 1. The summed E-state index contributed by atoms with van der Waals surface area (Å²) in [4.78, 5) is 13.3. The van der Waals surface area contributed by atoms with Gasteiger partial charge in [-0.25, -0.2) is 4.79 Å². The molecule has 1 amide bonds. The highest BCUT2D eigenvalue weighted by Gasteiger charge is 2.57. The SMILES string of the molecule is O=C1O[C@H]2[C@@H]3[C@@H](CCCN13)/C(=C/I)[C@@H]2O. The van der Waals surface area contributed by atoms with Crippen LogP contribution >= 0.6 is 22.6 Å². The van der Waals surface area contributed by atoms with Crippen LogP contribution in [0.15, 0.2) is 9.66 Å². The summed E-state index contributed by atoms with van der Waals surface area (Å²) in [6, 6.07) is 0.0854. The van der Waals surface area contributed by atoms with Crippen LogP contribution in [0.25, 0.3) is 0 Å². The van der Waals surface area contributed by atoms with Gasteiger partial charge in [0.15, 0.2) is 6.10 Å². The molecule has 0 unspecified atom stereocenters. The molecule has 1 saturated carbocycles. The molecular formula is C10H12INO3. The van der Waals surface area contributed by atoms with Crippen molar-refractivity contribution in [3.63, 3.8) is 0 Å². The van der Waals surface area contributed by atoms with Crippen LogP contribution in [0, 0.1) is 5.92 Å². The lowest BCUT2D eigenvalue weighted by atomic mass is 9.90. The van der Waals surface area contributed by atoms with Gasteiger partial charge in [0, 0.05) is 12.5 Å². The minimum atomic E-state index is -0.594. The van der Waals surface area contributed by atoms with Crippen LogP contribution in [0.4, 0.5) is 4.79 Å². The van der Waals surface area contributed by atoms with Crippen LogP contribution in [-0.2, 0) is 4.74 Å². The molecule has 2 heterocycles. The van der Waals surface area contributed by atoms with E-state index in [0.29, 0.717) is 5.92 Å². The Bertz CT molecular complexity index is 344. The molecule has 2 saturated heterocycles. The van der Waals surface area contributed by atoms with Crippen LogP contribution in [0.5, 0.6) is 0 Å². The third-order valence-corrected chi connectivity index (χ3v) is 4.42. The van der Waals surface area contributed by atoms with Crippen molar-refractivity contribution in [3.05, 3.63) is 9.66 Å². The predicted octanol–water partition coefficient (Wildman–Crippen LogP) is 1.28. The highest BCUT2D eigenvalue weighted by molar-refractivity contribution is 14.1. The lowest BCUT2D eigenvalue weighted by molar-refractivity contribution is 0.0575. The maximum absolute atomic E-state index is 11.5. The average Bonchev–Trinajstić information content (AvgIpc) is 2.70. The van der Waals surface area contributed by atoms with Crippen LogP contribution in [0.3, 0.4) is 0 Å². The number of hydrogen-bond acceptors (Lipinski definition) is 3. The summed E-state index contributed by atoms with van der Waals surface area (Å²) in [6.07, 6.45) is 0.887. The second-order valence-electron chi connectivity index (χ2n) is 4.34. The van der Waals surface area contributed by atoms with E-state index in [9.17, 15) is 9.90 Å². The molecule has 4 atom stereocenters. The van der Waals surface area contributed by atoms with Gasteiger partial charge in [-0.2, -0.15) is 0 Å². The molecule has 2 aliphatic heterocycles. The molecule has 3 rings (SSSR count). The van der Waals surface area contributed by atoms with Gasteiger partial charge >= 0.3 is 6.09 Å². The van der Waals surface area contributed by atoms with Gasteiger partial charge in [-0.15, -0.1) is 0 Å². The molecule has 0 bridgehead atoms. The van der Waals surface area contributed by atoms with E-state index in [0.717, 1.165) is 25.0 Å². The lowest BCUT2D eigenvalue weighted by Gasteiger charge is -2.31. The van der Waals surface area contributed by atoms with Crippen molar-refractivity contribution in [1.29, 1.82) is 0 Å². The molecule has 82 valence electrons. The predicted molar refractivity (Wildman–Crippen MR) is 61.6 cm³/mol. The number of carbonyl (C=O) groups is 1. The summed E-state index contributed by atoms with van der Waals surface area (Å²) >= 11 is 2.16. The van der Waals surface area contributed by atoms with E-state index >= 15 is 0 Å². The van der Waals surface area contributed by atoms with Gasteiger partial charge in [0.05, 0.1) is 6.04 Å². The zero-order valence-corrected chi connectivity index (χ0v) is 10.3. The summed E-state index contributed by atoms with van der Waals surface area (Å²) in [5.41, 5.74) is 1.04. The Morgan fingerprint density at radius 3 is 3.13 bits per heavy atom. The molecule has 4 nitrogen and oxygen atoms in total.